The molecule has 0 amide bonds. The minimum Gasteiger partial charge on any atom is -0.312 e. The molecular weight excluding hydrogens is 312 g/mol. The molecule has 3 heteroatoms. The van der Waals surface area contributed by atoms with E-state index in [0.29, 0.717) is 6.04 Å². The highest BCUT2D eigenvalue weighted by Crippen LogP contribution is 2.28. The Hall–Kier alpha value is -0.380. The number of rotatable bonds is 6. The summed E-state index contributed by atoms with van der Waals surface area (Å²) in [7, 11) is 0. The summed E-state index contributed by atoms with van der Waals surface area (Å²) >= 11 is 3.68. The van der Waals surface area contributed by atoms with Crippen molar-refractivity contribution in [2.75, 3.05) is 19.6 Å². The number of nitrogens with zero attached hydrogens (tertiary/aromatic N) is 1. The van der Waals surface area contributed by atoms with Crippen molar-refractivity contribution in [2.45, 2.75) is 51.6 Å². The van der Waals surface area contributed by atoms with Crippen LogP contribution in [-0.4, -0.2) is 36.1 Å². The van der Waals surface area contributed by atoms with Gasteiger partial charge in [-0.15, -0.1) is 0 Å². The fourth-order valence-electron chi connectivity index (χ4n) is 3.22. The molecule has 1 aliphatic rings. The van der Waals surface area contributed by atoms with E-state index in [4.69, 9.17) is 0 Å². The number of nitrogens with one attached hydrogen (secondary N) is 1. The maximum atomic E-state index is 3.71. The van der Waals surface area contributed by atoms with E-state index in [1.165, 1.54) is 36.0 Å². The highest BCUT2D eigenvalue weighted by atomic mass is 79.9. The first-order valence-corrected chi connectivity index (χ1v) is 8.57. The van der Waals surface area contributed by atoms with E-state index >= 15 is 0 Å². The maximum absolute atomic E-state index is 3.71. The standard InChI is InChI=1S/C17H27BrN2/c1-4-19-16(13-14-9-5-6-10-15(14)18)17(2,3)20-11-7-8-12-20/h5-6,9-10,16,19H,4,7-8,11-13H2,1-3H3. The fourth-order valence-corrected chi connectivity index (χ4v) is 3.66. The Morgan fingerprint density at radius 2 is 1.90 bits per heavy atom. The van der Waals surface area contributed by atoms with Crippen LogP contribution in [0, 0.1) is 0 Å². The van der Waals surface area contributed by atoms with E-state index in [1.807, 2.05) is 0 Å². The van der Waals surface area contributed by atoms with Crippen molar-refractivity contribution in [1.29, 1.82) is 0 Å². The molecule has 20 heavy (non-hydrogen) atoms. The summed E-state index contributed by atoms with van der Waals surface area (Å²) in [4.78, 5) is 2.65. The zero-order valence-electron chi connectivity index (χ0n) is 13.0. The van der Waals surface area contributed by atoms with Crippen molar-refractivity contribution in [1.82, 2.24) is 10.2 Å². The first kappa shape index (κ1) is 16.0. The van der Waals surface area contributed by atoms with Gasteiger partial charge in [0, 0.05) is 16.1 Å². The topological polar surface area (TPSA) is 15.3 Å². The van der Waals surface area contributed by atoms with Gasteiger partial charge in [-0.3, -0.25) is 4.90 Å². The summed E-state index contributed by atoms with van der Waals surface area (Å²) in [5.74, 6) is 0. The largest absolute Gasteiger partial charge is 0.312 e. The number of likely N-dealkylation sites (N-methyl/N-ethyl adjacent to an activating group) is 1. The van der Waals surface area contributed by atoms with E-state index < -0.39 is 0 Å². The van der Waals surface area contributed by atoms with Crippen molar-refractivity contribution in [3.8, 4) is 0 Å². The molecule has 0 bridgehead atoms. The quantitative estimate of drug-likeness (QED) is 0.847. The molecule has 1 aliphatic heterocycles. The van der Waals surface area contributed by atoms with Gasteiger partial charge in [0.25, 0.3) is 0 Å². The Labute approximate surface area is 132 Å². The predicted octanol–water partition coefficient (Wildman–Crippen LogP) is 3.84. The van der Waals surface area contributed by atoms with Crippen LogP contribution in [0.5, 0.6) is 0 Å². The van der Waals surface area contributed by atoms with Crippen LogP contribution < -0.4 is 5.32 Å². The number of benzene rings is 1. The molecule has 0 spiro atoms. The third-order valence-electron chi connectivity index (χ3n) is 4.61. The van der Waals surface area contributed by atoms with Crippen molar-refractivity contribution in [3.63, 3.8) is 0 Å². The summed E-state index contributed by atoms with van der Waals surface area (Å²) in [6.07, 6.45) is 3.76. The third-order valence-corrected chi connectivity index (χ3v) is 5.38. The molecular formula is C17H27BrN2. The van der Waals surface area contributed by atoms with Crippen LogP contribution in [0.4, 0.5) is 0 Å². The second-order valence-electron chi connectivity index (χ2n) is 6.25. The van der Waals surface area contributed by atoms with Gasteiger partial charge in [-0.1, -0.05) is 41.1 Å². The Morgan fingerprint density at radius 1 is 1.25 bits per heavy atom. The second kappa shape index (κ2) is 7.06. The molecule has 1 aromatic rings. The van der Waals surface area contributed by atoms with Crippen LogP contribution in [0.2, 0.25) is 0 Å². The lowest BCUT2D eigenvalue weighted by molar-refractivity contribution is 0.107. The summed E-state index contributed by atoms with van der Waals surface area (Å²) in [6.45, 7) is 10.5. The van der Waals surface area contributed by atoms with Gasteiger partial charge >= 0.3 is 0 Å². The Bertz CT molecular complexity index is 425. The highest BCUT2D eigenvalue weighted by Gasteiger charge is 2.36. The SMILES string of the molecule is CCNC(Cc1ccccc1Br)C(C)(C)N1CCCC1. The number of halogens is 1. The Morgan fingerprint density at radius 3 is 2.50 bits per heavy atom. The van der Waals surface area contributed by atoms with Gasteiger partial charge in [0.15, 0.2) is 0 Å². The second-order valence-corrected chi connectivity index (χ2v) is 7.11. The van der Waals surface area contributed by atoms with Crippen LogP contribution in [0.15, 0.2) is 28.7 Å². The van der Waals surface area contributed by atoms with Crippen molar-refractivity contribution in [2.24, 2.45) is 0 Å². The lowest BCUT2D eigenvalue weighted by atomic mass is 9.87. The molecule has 2 nitrogen and oxygen atoms in total. The van der Waals surface area contributed by atoms with Crippen molar-refractivity contribution >= 4 is 15.9 Å². The molecule has 0 radical (unpaired) electrons. The number of likely N-dealkylation sites (tertiary alicyclic amines) is 1. The van der Waals surface area contributed by atoms with Gasteiger partial charge in [0.2, 0.25) is 0 Å². The van der Waals surface area contributed by atoms with Crippen LogP contribution in [0.3, 0.4) is 0 Å². The van der Waals surface area contributed by atoms with Gasteiger partial charge in [-0.2, -0.15) is 0 Å². The molecule has 1 atom stereocenters. The Balaban J connectivity index is 2.15. The van der Waals surface area contributed by atoms with Crippen LogP contribution >= 0.6 is 15.9 Å². The molecule has 0 saturated carbocycles. The summed E-state index contributed by atoms with van der Waals surface area (Å²) in [5.41, 5.74) is 1.59. The lowest BCUT2D eigenvalue weighted by Crippen LogP contribution is -2.57. The van der Waals surface area contributed by atoms with Gasteiger partial charge in [-0.25, -0.2) is 0 Å². The molecule has 0 aliphatic carbocycles. The molecule has 1 aromatic carbocycles. The average molecular weight is 339 g/mol. The van der Waals surface area contributed by atoms with E-state index in [1.54, 1.807) is 0 Å². The zero-order chi connectivity index (χ0) is 14.6. The van der Waals surface area contributed by atoms with E-state index in [9.17, 15) is 0 Å². The predicted molar refractivity (Wildman–Crippen MR) is 90.2 cm³/mol. The minimum absolute atomic E-state index is 0.196. The summed E-state index contributed by atoms with van der Waals surface area (Å²) in [5, 5.41) is 3.71. The van der Waals surface area contributed by atoms with Crippen molar-refractivity contribution < 1.29 is 0 Å². The van der Waals surface area contributed by atoms with Crippen molar-refractivity contribution in [3.05, 3.63) is 34.3 Å². The van der Waals surface area contributed by atoms with E-state index in [2.05, 4.69) is 71.2 Å². The molecule has 1 unspecified atom stereocenters. The van der Waals surface area contributed by atoms with E-state index in [-0.39, 0.29) is 5.54 Å². The van der Waals surface area contributed by atoms with Crippen LogP contribution in [-0.2, 0) is 6.42 Å². The first-order valence-electron chi connectivity index (χ1n) is 7.77. The molecule has 1 saturated heterocycles. The van der Waals surface area contributed by atoms with Gasteiger partial charge < -0.3 is 5.32 Å². The fraction of sp³-hybridized carbons (Fsp3) is 0.647. The normalized spacial score (nSPS) is 18.4. The number of hydrogen-bond donors (Lipinski definition) is 1. The minimum atomic E-state index is 0.196. The van der Waals surface area contributed by atoms with E-state index in [0.717, 1.165) is 13.0 Å². The summed E-state index contributed by atoms with van der Waals surface area (Å²) < 4.78 is 1.22. The van der Waals surface area contributed by atoms with Crippen LogP contribution in [0.1, 0.15) is 39.2 Å². The zero-order valence-corrected chi connectivity index (χ0v) is 14.5. The van der Waals surface area contributed by atoms with Gasteiger partial charge in [0.05, 0.1) is 0 Å². The average Bonchev–Trinajstić information content (AvgIpc) is 2.95. The van der Waals surface area contributed by atoms with Crippen LogP contribution in [0.25, 0.3) is 0 Å². The van der Waals surface area contributed by atoms with Gasteiger partial charge in [-0.05, 0) is 64.4 Å². The molecule has 0 aromatic heterocycles. The summed E-state index contributed by atoms with van der Waals surface area (Å²) in [6, 6.07) is 9.06. The molecule has 1 heterocycles. The Kier molecular flexibility index (Phi) is 5.65. The number of hydrogen-bond acceptors (Lipinski definition) is 2. The molecule has 1 N–H and O–H groups in total. The molecule has 2 rings (SSSR count). The smallest absolute Gasteiger partial charge is 0.0309 e. The molecule has 1 fully saturated rings. The first-order chi connectivity index (χ1) is 9.55. The third kappa shape index (κ3) is 3.63. The maximum Gasteiger partial charge on any atom is 0.0309 e. The van der Waals surface area contributed by atoms with Gasteiger partial charge in [0.1, 0.15) is 0 Å². The highest BCUT2D eigenvalue weighted by molar-refractivity contribution is 9.10. The monoisotopic (exact) mass is 338 g/mol. The lowest BCUT2D eigenvalue weighted by Gasteiger charge is -2.43. The molecule has 112 valence electrons.